The number of nitrogens with one attached hydrogen (secondary N) is 1. The predicted molar refractivity (Wildman–Crippen MR) is 118 cm³/mol. The van der Waals surface area contributed by atoms with Crippen LogP contribution in [0.3, 0.4) is 0 Å². The van der Waals surface area contributed by atoms with Crippen LogP contribution in [0, 0.1) is 6.92 Å². The molecular formula is C22H21ClN2O4S. The summed E-state index contributed by atoms with van der Waals surface area (Å²) in [5.41, 5.74) is 1.89. The number of amides is 1. The van der Waals surface area contributed by atoms with Gasteiger partial charge in [-0.15, -0.1) is 0 Å². The maximum Gasteiger partial charge on any atom is 0.250 e. The van der Waals surface area contributed by atoms with Crippen LogP contribution in [0.4, 0.5) is 5.69 Å². The number of anilines is 1. The van der Waals surface area contributed by atoms with Gasteiger partial charge in [-0.2, -0.15) is 0 Å². The standard InChI is InChI=1S/C22H21ClN2O4S/c1-16-6-9-19(10-7-16)30(28,29)13-12-21(26)24-18-8-11-22(27)25(15-18)14-17-4-2-3-5-20(17)23/h2-11,15H,12-14H2,1H3,(H,24,26). The molecule has 0 radical (unpaired) electrons. The normalized spacial score (nSPS) is 11.3. The molecule has 30 heavy (non-hydrogen) atoms. The zero-order valence-electron chi connectivity index (χ0n) is 16.3. The zero-order chi connectivity index (χ0) is 21.7. The van der Waals surface area contributed by atoms with E-state index in [1.807, 2.05) is 19.1 Å². The van der Waals surface area contributed by atoms with E-state index >= 15 is 0 Å². The Morgan fingerprint density at radius 1 is 1.03 bits per heavy atom. The molecule has 8 heteroatoms. The van der Waals surface area contributed by atoms with Crippen molar-refractivity contribution in [1.82, 2.24) is 4.57 Å². The van der Waals surface area contributed by atoms with Crippen LogP contribution in [-0.4, -0.2) is 24.6 Å². The smallest absolute Gasteiger partial charge is 0.250 e. The fraction of sp³-hybridized carbons (Fsp3) is 0.182. The molecule has 0 saturated carbocycles. The van der Waals surface area contributed by atoms with Gasteiger partial charge in [0.15, 0.2) is 9.84 Å². The molecule has 3 rings (SSSR count). The number of carbonyl (C=O) groups excluding carboxylic acids is 1. The van der Waals surface area contributed by atoms with E-state index in [4.69, 9.17) is 11.6 Å². The molecule has 0 aliphatic heterocycles. The van der Waals surface area contributed by atoms with Crippen molar-refractivity contribution in [3.05, 3.63) is 93.4 Å². The molecule has 0 aliphatic carbocycles. The van der Waals surface area contributed by atoms with Crippen molar-refractivity contribution in [2.24, 2.45) is 0 Å². The first-order valence-electron chi connectivity index (χ1n) is 9.28. The third kappa shape index (κ3) is 5.58. The fourth-order valence-corrected chi connectivity index (χ4v) is 4.29. The summed E-state index contributed by atoms with van der Waals surface area (Å²) in [6.07, 6.45) is 1.32. The van der Waals surface area contributed by atoms with E-state index < -0.39 is 15.7 Å². The summed E-state index contributed by atoms with van der Waals surface area (Å²) in [5, 5.41) is 3.19. The monoisotopic (exact) mass is 444 g/mol. The highest BCUT2D eigenvalue weighted by Crippen LogP contribution is 2.17. The van der Waals surface area contributed by atoms with Crippen molar-refractivity contribution in [2.45, 2.75) is 24.8 Å². The molecule has 1 amide bonds. The average molecular weight is 445 g/mol. The van der Waals surface area contributed by atoms with Gasteiger partial charge in [-0.1, -0.05) is 47.5 Å². The van der Waals surface area contributed by atoms with Crippen LogP contribution < -0.4 is 10.9 Å². The van der Waals surface area contributed by atoms with Crippen LogP contribution in [0.15, 0.2) is 76.6 Å². The quantitative estimate of drug-likeness (QED) is 0.602. The Labute approximate surface area is 180 Å². The molecule has 0 atom stereocenters. The average Bonchev–Trinajstić information content (AvgIpc) is 2.71. The summed E-state index contributed by atoms with van der Waals surface area (Å²) < 4.78 is 26.2. The Kier molecular flexibility index (Phi) is 6.74. The molecule has 0 spiro atoms. The molecule has 1 aromatic heterocycles. The first kappa shape index (κ1) is 21.8. The first-order chi connectivity index (χ1) is 14.2. The lowest BCUT2D eigenvalue weighted by Crippen LogP contribution is -2.22. The number of pyridine rings is 1. The number of hydrogen-bond acceptors (Lipinski definition) is 4. The fourth-order valence-electron chi connectivity index (χ4n) is 2.85. The number of halogens is 1. The third-order valence-corrected chi connectivity index (χ3v) is 6.64. The van der Waals surface area contributed by atoms with Gasteiger partial charge in [0.2, 0.25) is 5.91 Å². The topological polar surface area (TPSA) is 85.2 Å². The van der Waals surface area contributed by atoms with Crippen LogP contribution in [0.2, 0.25) is 5.02 Å². The molecule has 0 fully saturated rings. The Bertz CT molecular complexity index is 1220. The molecule has 1 heterocycles. The summed E-state index contributed by atoms with van der Waals surface area (Å²) in [4.78, 5) is 24.6. The van der Waals surface area contributed by atoms with Crippen LogP contribution in [0.1, 0.15) is 17.5 Å². The summed E-state index contributed by atoms with van der Waals surface area (Å²) in [6.45, 7) is 2.12. The first-order valence-corrected chi connectivity index (χ1v) is 11.3. The second-order valence-electron chi connectivity index (χ2n) is 6.91. The Hall–Kier alpha value is -2.90. The molecule has 156 valence electrons. The molecule has 2 aromatic carbocycles. The highest BCUT2D eigenvalue weighted by atomic mass is 35.5. The molecule has 6 nitrogen and oxygen atoms in total. The van der Waals surface area contributed by atoms with Crippen molar-refractivity contribution < 1.29 is 13.2 Å². The summed E-state index contributed by atoms with van der Waals surface area (Å²) in [5.74, 6) is -0.755. The van der Waals surface area contributed by atoms with Crippen molar-refractivity contribution in [1.29, 1.82) is 0 Å². The van der Waals surface area contributed by atoms with Crippen molar-refractivity contribution in [3.8, 4) is 0 Å². The van der Waals surface area contributed by atoms with Crippen molar-refractivity contribution in [3.63, 3.8) is 0 Å². The van der Waals surface area contributed by atoms with Crippen LogP contribution in [0.5, 0.6) is 0 Å². The zero-order valence-corrected chi connectivity index (χ0v) is 17.9. The number of sulfone groups is 1. The third-order valence-electron chi connectivity index (χ3n) is 4.54. The van der Waals surface area contributed by atoms with Gasteiger partial charge in [0.25, 0.3) is 5.56 Å². The highest BCUT2D eigenvalue weighted by Gasteiger charge is 2.16. The van der Waals surface area contributed by atoms with E-state index in [0.29, 0.717) is 10.7 Å². The van der Waals surface area contributed by atoms with Crippen molar-refractivity contribution in [2.75, 3.05) is 11.1 Å². The molecule has 3 aromatic rings. The molecule has 1 N–H and O–H groups in total. The lowest BCUT2D eigenvalue weighted by Gasteiger charge is -2.11. The molecular weight excluding hydrogens is 424 g/mol. The van der Waals surface area contributed by atoms with Gasteiger partial charge in [-0.05, 0) is 36.8 Å². The largest absolute Gasteiger partial charge is 0.325 e. The lowest BCUT2D eigenvalue weighted by atomic mass is 10.2. The van der Waals surface area contributed by atoms with Gasteiger partial charge < -0.3 is 9.88 Å². The SMILES string of the molecule is Cc1ccc(S(=O)(=O)CCC(=O)Nc2ccc(=O)n(Cc3ccccc3Cl)c2)cc1. The molecule has 0 unspecified atom stereocenters. The molecule has 0 aliphatic rings. The van der Waals surface area contributed by atoms with E-state index in [9.17, 15) is 18.0 Å². The van der Waals surface area contributed by atoms with Crippen LogP contribution in [-0.2, 0) is 21.2 Å². The van der Waals surface area contributed by atoms with Gasteiger partial charge in [0.1, 0.15) is 0 Å². The molecule has 0 saturated heterocycles. The van der Waals surface area contributed by atoms with Gasteiger partial charge in [0, 0.05) is 23.7 Å². The minimum absolute atomic E-state index is 0.189. The summed E-state index contributed by atoms with van der Waals surface area (Å²) in [6, 6.07) is 16.5. The van der Waals surface area contributed by atoms with E-state index in [0.717, 1.165) is 11.1 Å². The minimum Gasteiger partial charge on any atom is -0.325 e. The van der Waals surface area contributed by atoms with Gasteiger partial charge in [0.05, 0.1) is 22.9 Å². The van der Waals surface area contributed by atoms with E-state index in [-0.39, 0.29) is 29.2 Å². The number of benzene rings is 2. The van der Waals surface area contributed by atoms with E-state index in [1.165, 1.54) is 35.0 Å². The summed E-state index contributed by atoms with van der Waals surface area (Å²) >= 11 is 6.15. The second kappa shape index (κ2) is 9.28. The van der Waals surface area contributed by atoms with Crippen LogP contribution >= 0.6 is 11.6 Å². The number of hydrogen-bond donors (Lipinski definition) is 1. The highest BCUT2D eigenvalue weighted by molar-refractivity contribution is 7.91. The predicted octanol–water partition coefficient (Wildman–Crippen LogP) is 3.66. The number of carbonyl (C=O) groups is 1. The van der Waals surface area contributed by atoms with E-state index in [2.05, 4.69) is 5.32 Å². The van der Waals surface area contributed by atoms with Crippen LogP contribution in [0.25, 0.3) is 0 Å². The van der Waals surface area contributed by atoms with Gasteiger partial charge in [-0.3, -0.25) is 9.59 Å². The Morgan fingerprint density at radius 2 is 1.73 bits per heavy atom. The number of aromatic nitrogens is 1. The second-order valence-corrected chi connectivity index (χ2v) is 9.42. The number of rotatable bonds is 7. The maximum absolute atomic E-state index is 12.4. The minimum atomic E-state index is -3.56. The van der Waals surface area contributed by atoms with Gasteiger partial charge >= 0.3 is 0 Å². The maximum atomic E-state index is 12.4. The summed E-state index contributed by atoms with van der Waals surface area (Å²) in [7, 11) is -3.56. The lowest BCUT2D eigenvalue weighted by molar-refractivity contribution is -0.115. The Balaban J connectivity index is 1.66. The van der Waals surface area contributed by atoms with Crippen molar-refractivity contribution >= 4 is 33.0 Å². The number of nitrogens with zero attached hydrogens (tertiary/aromatic N) is 1. The van der Waals surface area contributed by atoms with Gasteiger partial charge in [-0.25, -0.2) is 8.42 Å². The Morgan fingerprint density at radius 3 is 2.43 bits per heavy atom. The van der Waals surface area contributed by atoms with E-state index in [1.54, 1.807) is 24.3 Å². The number of aryl methyl sites for hydroxylation is 1. The molecule has 0 bridgehead atoms.